The molecule has 0 amide bonds. The molecule has 0 aromatic rings. The Labute approximate surface area is 86.2 Å². The largest absolute Gasteiger partial charge is 0.371 e. The predicted molar refractivity (Wildman–Crippen MR) is 54.0 cm³/mol. The van der Waals surface area contributed by atoms with Crippen molar-refractivity contribution in [3.63, 3.8) is 0 Å². The smallest absolute Gasteiger partial charge is 0.146 e. The lowest BCUT2D eigenvalue weighted by Crippen LogP contribution is -2.04. The van der Waals surface area contributed by atoms with Crippen LogP contribution in [-0.2, 0) is 14.2 Å². The molecular formula is C10H22O4. The Morgan fingerprint density at radius 1 is 0.857 bits per heavy atom. The second kappa shape index (κ2) is 12.8. The molecule has 0 rings (SSSR count). The van der Waals surface area contributed by atoms with Crippen molar-refractivity contribution in [3.05, 3.63) is 0 Å². The van der Waals surface area contributed by atoms with Gasteiger partial charge in [-0.05, 0) is 19.3 Å². The molecule has 0 saturated heterocycles. The summed E-state index contributed by atoms with van der Waals surface area (Å²) < 4.78 is 15.2. The number of aliphatic hydroxyl groups is 1. The minimum absolute atomic E-state index is 0.193. The van der Waals surface area contributed by atoms with Gasteiger partial charge in [-0.1, -0.05) is 13.3 Å². The average Bonchev–Trinajstić information content (AvgIpc) is 2.21. The fraction of sp³-hybridized carbons (Fsp3) is 1.00. The minimum Gasteiger partial charge on any atom is -0.371 e. The van der Waals surface area contributed by atoms with E-state index in [1.165, 1.54) is 0 Å². The fourth-order valence-corrected chi connectivity index (χ4v) is 0.896. The van der Waals surface area contributed by atoms with Gasteiger partial charge in [0.25, 0.3) is 0 Å². The van der Waals surface area contributed by atoms with Gasteiger partial charge in [-0.25, -0.2) is 0 Å². The number of ether oxygens (including phenoxy) is 3. The first-order valence-corrected chi connectivity index (χ1v) is 5.26. The molecule has 0 fully saturated rings. The molecule has 0 spiro atoms. The van der Waals surface area contributed by atoms with Crippen molar-refractivity contribution in [1.29, 1.82) is 0 Å². The molecule has 4 heteroatoms. The van der Waals surface area contributed by atoms with Gasteiger partial charge in [-0.15, -0.1) is 0 Å². The van der Waals surface area contributed by atoms with E-state index in [0.717, 1.165) is 32.3 Å². The third-order valence-corrected chi connectivity index (χ3v) is 1.73. The van der Waals surface area contributed by atoms with Crippen LogP contribution in [0.25, 0.3) is 0 Å². The van der Waals surface area contributed by atoms with Crippen molar-refractivity contribution >= 4 is 0 Å². The highest BCUT2D eigenvalue weighted by atomic mass is 16.7. The summed E-state index contributed by atoms with van der Waals surface area (Å²) in [5, 5.41) is 8.32. The summed E-state index contributed by atoms with van der Waals surface area (Å²) in [5.74, 6) is 0. The standard InChI is InChI=1S/C10H22O4/c1-2-3-6-13-10-14-8-5-4-7-12-9-11/h11H,2-10H2,1H3. The van der Waals surface area contributed by atoms with Crippen molar-refractivity contribution in [2.75, 3.05) is 33.4 Å². The van der Waals surface area contributed by atoms with Crippen LogP contribution >= 0.6 is 0 Å². The minimum atomic E-state index is -0.193. The van der Waals surface area contributed by atoms with Gasteiger partial charge in [0.2, 0.25) is 0 Å². The summed E-state index contributed by atoms with van der Waals surface area (Å²) in [7, 11) is 0. The van der Waals surface area contributed by atoms with Crippen molar-refractivity contribution in [2.24, 2.45) is 0 Å². The maximum absolute atomic E-state index is 8.32. The van der Waals surface area contributed by atoms with E-state index in [4.69, 9.17) is 19.3 Å². The number of rotatable bonds is 11. The van der Waals surface area contributed by atoms with Crippen LogP contribution in [0.2, 0.25) is 0 Å². The fourth-order valence-electron chi connectivity index (χ4n) is 0.896. The molecule has 0 aliphatic rings. The molecule has 0 radical (unpaired) electrons. The summed E-state index contributed by atoms with van der Waals surface area (Å²) in [6.07, 6.45) is 4.10. The summed E-state index contributed by atoms with van der Waals surface area (Å²) in [6, 6.07) is 0. The van der Waals surface area contributed by atoms with E-state index in [2.05, 4.69) is 6.92 Å². The van der Waals surface area contributed by atoms with Gasteiger partial charge < -0.3 is 19.3 Å². The number of hydrogen-bond donors (Lipinski definition) is 1. The highest BCUT2D eigenvalue weighted by Gasteiger charge is 1.90. The van der Waals surface area contributed by atoms with Crippen LogP contribution in [0.15, 0.2) is 0 Å². The lowest BCUT2D eigenvalue weighted by Gasteiger charge is -2.05. The van der Waals surface area contributed by atoms with E-state index in [9.17, 15) is 0 Å². The topological polar surface area (TPSA) is 47.9 Å². The highest BCUT2D eigenvalue weighted by molar-refractivity contribution is 4.36. The third-order valence-electron chi connectivity index (χ3n) is 1.73. The van der Waals surface area contributed by atoms with Crippen LogP contribution in [0.1, 0.15) is 32.6 Å². The second-order valence-electron chi connectivity index (χ2n) is 3.03. The SMILES string of the molecule is CCCCOCOCCCCOCO. The summed E-state index contributed by atoms with van der Waals surface area (Å²) >= 11 is 0. The zero-order chi connectivity index (χ0) is 10.5. The van der Waals surface area contributed by atoms with Gasteiger partial charge in [0.15, 0.2) is 0 Å². The predicted octanol–water partition coefficient (Wildman–Crippen LogP) is 1.52. The Morgan fingerprint density at radius 2 is 1.43 bits per heavy atom. The molecule has 0 bridgehead atoms. The van der Waals surface area contributed by atoms with E-state index in [1.807, 2.05) is 0 Å². The Bertz CT molecular complexity index is 86.1. The lowest BCUT2D eigenvalue weighted by atomic mass is 10.3. The molecule has 0 aliphatic carbocycles. The van der Waals surface area contributed by atoms with Crippen molar-refractivity contribution in [3.8, 4) is 0 Å². The molecule has 86 valence electrons. The van der Waals surface area contributed by atoms with Crippen LogP contribution < -0.4 is 0 Å². The third kappa shape index (κ3) is 11.8. The Hall–Kier alpha value is -0.160. The van der Waals surface area contributed by atoms with Gasteiger partial charge in [0, 0.05) is 19.8 Å². The van der Waals surface area contributed by atoms with Gasteiger partial charge in [0.1, 0.15) is 13.6 Å². The second-order valence-corrected chi connectivity index (χ2v) is 3.03. The quantitative estimate of drug-likeness (QED) is 0.411. The van der Waals surface area contributed by atoms with E-state index >= 15 is 0 Å². The van der Waals surface area contributed by atoms with E-state index in [0.29, 0.717) is 20.0 Å². The van der Waals surface area contributed by atoms with Crippen LogP contribution in [0.3, 0.4) is 0 Å². The zero-order valence-corrected chi connectivity index (χ0v) is 9.04. The van der Waals surface area contributed by atoms with E-state index in [1.54, 1.807) is 0 Å². The number of unbranched alkanes of at least 4 members (excludes halogenated alkanes) is 2. The van der Waals surface area contributed by atoms with Crippen LogP contribution in [0.4, 0.5) is 0 Å². The molecule has 0 aromatic heterocycles. The summed E-state index contributed by atoms with van der Waals surface area (Å²) in [5.41, 5.74) is 0. The molecule has 1 N–H and O–H groups in total. The molecule has 0 unspecified atom stereocenters. The first-order valence-electron chi connectivity index (χ1n) is 5.26. The maximum atomic E-state index is 8.32. The molecular weight excluding hydrogens is 184 g/mol. The summed E-state index contributed by atoms with van der Waals surface area (Å²) in [4.78, 5) is 0. The Kier molecular flexibility index (Phi) is 12.7. The Morgan fingerprint density at radius 3 is 2.00 bits per heavy atom. The monoisotopic (exact) mass is 206 g/mol. The first kappa shape index (κ1) is 13.8. The molecule has 4 nitrogen and oxygen atoms in total. The molecule has 0 atom stereocenters. The highest BCUT2D eigenvalue weighted by Crippen LogP contribution is 1.92. The van der Waals surface area contributed by atoms with E-state index < -0.39 is 0 Å². The van der Waals surface area contributed by atoms with Gasteiger partial charge in [-0.2, -0.15) is 0 Å². The average molecular weight is 206 g/mol. The van der Waals surface area contributed by atoms with Crippen LogP contribution in [0, 0.1) is 0 Å². The van der Waals surface area contributed by atoms with Gasteiger partial charge >= 0.3 is 0 Å². The molecule has 0 heterocycles. The molecule has 14 heavy (non-hydrogen) atoms. The molecule has 0 saturated carbocycles. The first-order chi connectivity index (χ1) is 6.91. The maximum Gasteiger partial charge on any atom is 0.146 e. The van der Waals surface area contributed by atoms with E-state index in [-0.39, 0.29) is 6.79 Å². The van der Waals surface area contributed by atoms with Gasteiger partial charge in [-0.3, -0.25) is 0 Å². The van der Waals surface area contributed by atoms with Crippen LogP contribution in [0.5, 0.6) is 0 Å². The van der Waals surface area contributed by atoms with Crippen molar-refractivity contribution in [1.82, 2.24) is 0 Å². The lowest BCUT2D eigenvalue weighted by molar-refractivity contribution is -0.0580. The summed E-state index contributed by atoms with van der Waals surface area (Å²) in [6.45, 7) is 4.40. The normalized spacial score (nSPS) is 10.7. The van der Waals surface area contributed by atoms with Crippen LogP contribution in [-0.4, -0.2) is 38.5 Å². The molecule has 0 aliphatic heterocycles. The number of aliphatic hydroxyl groups excluding tert-OH is 1. The zero-order valence-electron chi connectivity index (χ0n) is 9.04. The van der Waals surface area contributed by atoms with Gasteiger partial charge in [0.05, 0.1) is 0 Å². The number of hydrogen-bond acceptors (Lipinski definition) is 4. The molecule has 0 aromatic carbocycles. The van der Waals surface area contributed by atoms with Crippen molar-refractivity contribution < 1.29 is 19.3 Å². The van der Waals surface area contributed by atoms with Crippen molar-refractivity contribution in [2.45, 2.75) is 32.6 Å². The Balaban J connectivity index is 2.78.